The first-order valence-corrected chi connectivity index (χ1v) is 6.57. The Morgan fingerprint density at radius 3 is 2.70 bits per heavy atom. The largest absolute Gasteiger partial charge is 0.422 e. The molecule has 0 radical (unpaired) electrons. The summed E-state index contributed by atoms with van der Waals surface area (Å²) in [6.07, 6.45) is 0. The average Bonchev–Trinajstić information content (AvgIpc) is 2.47. The highest BCUT2D eigenvalue weighted by Crippen LogP contribution is 2.28. The van der Waals surface area contributed by atoms with E-state index in [4.69, 9.17) is 16.0 Å². The van der Waals surface area contributed by atoms with Crippen molar-refractivity contribution in [2.24, 2.45) is 0 Å². The number of hydrogen-bond donors (Lipinski definition) is 1. The molecule has 0 saturated heterocycles. The van der Waals surface area contributed by atoms with Gasteiger partial charge < -0.3 is 9.73 Å². The minimum atomic E-state index is -0.354. The van der Waals surface area contributed by atoms with E-state index in [1.807, 2.05) is 36.4 Å². The van der Waals surface area contributed by atoms with Crippen molar-refractivity contribution in [3.05, 3.63) is 64.0 Å². The van der Waals surface area contributed by atoms with Crippen LogP contribution in [0, 0.1) is 0 Å². The van der Waals surface area contributed by atoms with Gasteiger partial charge in [-0.15, -0.1) is 0 Å². The van der Waals surface area contributed by atoms with Gasteiger partial charge in [-0.25, -0.2) is 4.79 Å². The second-order valence-corrected chi connectivity index (χ2v) is 4.84. The molecule has 0 amide bonds. The van der Waals surface area contributed by atoms with Crippen molar-refractivity contribution in [2.75, 3.05) is 12.4 Å². The first-order valence-electron chi connectivity index (χ1n) is 6.19. The summed E-state index contributed by atoms with van der Waals surface area (Å²) in [5.41, 5.74) is 2.31. The van der Waals surface area contributed by atoms with E-state index in [9.17, 15) is 4.79 Å². The number of anilines is 1. The zero-order valence-corrected chi connectivity index (χ0v) is 11.6. The second kappa shape index (κ2) is 5.02. The molecule has 20 heavy (non-hydrogen) atoms. The van der Waals surface area contributed by atoms with E-state index in [0.29, 0.717) is 16.2 Å². The Morgan fingerprint density at radius 2 is 1.90 bits per heavy atom. The lowest BCUT2D eigenvalue weighted by Crippen LogP contribution is -2.03. The van der Waals surface area contributed by atoms with Crippen LogP contribution in [0.5, 0.6) is 0 Å². The number of rotatable bonds is 2. The molecular weight excluding hydrogens is 274 g/mol. The molecular formula is C16H12ClNO2. The highest BCUT2D eigenvalue weighted by Gasteiger charge is 2.09. The molecule has 100 valence electrons. The van der Waals surface area contributed by atoms with Crippen molar-refractivity contribution < 1.29 is 4.42 Å². The van der Waals surface area contributed by atoms with Crippen LogP contribution in [-0.4, -0.2) is 7.05 Å². The van der Waals surface area contributed by atoms with E-state index >= 15 is 0 Å². The van der Waals surface area contributed by atoms with Gasteiger partial charge in [-0.3, -0.25) is 0 Å². The fourth-order valence-electron chi connectivity index (χ4n) is 2.15. The van der Waals surface area contributed by atoms with Crippen LogP contribution in [0.3, 0.4) is 0 Å². The van der Waals surface area contributed by atoms with Crippen molar-refractivity contribution in [3.8, 4) is 11.1 Å². The fraction of sp³-hybridized carbons (Fsp3) is 0.0625. The molecule has 0 aliphatic rings. The molecule has 0 aliphatic carbocycles. The van der Waals surface area contributed by atoms with Crippen molar-refractivity contribution in [1.82, 2.24) is 0 Å². The summed E-state index contributed by atoms with van der Waals surface area (Å²) in [6.45, 7) is 0. The van der Waals surface area contributed by atoms with Gasteiger partial charge in [-0.2, -0.15) is 0 Å². The maximum absolute atomic E-state index is 12.1. The smallest absolute Gasteiger partial charge is 0.344 e. The molecule has 1 heterocycles. The Labute approximate surface area is 120 Å². The van der Waals surface area contributed by atoms with Gasteiger partial charge in [-0.1, -0.05) is 35.9 Å². The quantitative estimate of drug-likeness (QED) is 0.719. The van der Waals surface area contributed by atoms with Crippen LogP contribution in [-0.2, 0) is 0 Å². The van der Waals surface area contributed by atoms with Crippen LogP contribution >= 0.6 is 11.6 Å². The molecule has 4 heteroatoms. The van der Waals surface area contributed by atoms with Crippen molar-refractivity contribution in [3.63, 3.8) is 0 Å². The fourth-order valence-corrected chi connectivity index (χ4v) is 2.36. The third-order valence-electron chi connectivity index (χ3n) is 3.19. The van der Waals surface area contributed by atoms with Crippen LogP contribution in [0.2, 0.25) is 5.02 Å². The monoisotopic (exact) mass is 285 g/mol. The summed E-state index contributed by atoms with van der Waals surface area (Å²) < 4.78 is 5.34. The van der Waals surface area contributed by atoms with Crippen LogP contribution in [0.15, 0.2) is 57.7 Å². The lowest BCUT2D eigenvalue weighted by Gasteiger charge is -2.07. The van der Waals surface area contributed by atoms with Gasteiger partial charge >= 0.3 is 5.63 Å². The molecule has 2 aromatic carbocycles. The van der Waals surface area contributed by atoms with Crippen molar-refractivity contribution >= 4 is 28.3 Å². The van der Waals surface area contributed by atoms with Crippen molar-refractivity contribution in [1.29, 1.82) is 0 Å². The van der Waals surface area contributed by atoms with Crippen molar-refractivity contribution in [2.45, 2.75) is 0 Å². The Balaban J connectivity index is 2.23. The molecule has 3 aromatic rings. The molecule has 0 saturated carbocycles. The van der Waals surface area contributed by atoms with Gasteiger partial charge in [0.2, 0.25) is 0 Å². The van der Waals surface area contributed by atoms with Gasteiger partial charge in [0.1, 0.15) is 5.58 Å². The van der Waals surface area contributed by atoms with E-state index in [2.05, 4.69) is 5.32 Å². The van der Waals surface area contributed by atoms with E-state index in [1.54, 1.807) is 19.2 Å². The van der Waals surface area contributed by atoms with Gasteiger partial charge in [-0.05, 0) is 29.8 Å². The minimum Gasteiger partial charge on any atom is -0.422 e. The summed E-state index contributed by atoms with van der Waals surface area (Å²) in [4.78, 5) is 12.1. The maximum Gasteiger partial charge on any atom is 0.344 e. The minimum absolute atomic E-state index is 0.354. The Hall–Kier alpha value is -2.26. The second-order valence-electron chi connectivity index (χ2n) is 4.43. The summed E-state index contributed by atoms with van der Waals surface area (Å²) in [6, 6.07) is 14.7. The first-order chi connectivity index (χ1) is 9.69. The molecule has 1 N–H and O–H groups in total. The normalized spacial score (nSPS) is 10.7. The van der Waals surface area contributed by atoms with Crippen LogP contribution in [0.4, 0.5) is 5.69 Å². The van der Waals surface area contributed by atoms with Gasteiger partial charge in [0.15, 0.2) is 0 Å². The lowest BCUT2D eigenvalue weighted by atomic mass is 10.1. The number of fused-ring (bicyclic) bond motifs is 1. The third-order valence-corrected chi connectivity index (χ3v) is 3.52. The van der Waals surface area contributed by atoms with E-state index < -0.39 is 0 Å². The third kappa shape index (κ3) is 2.17. The Morgan fingerprint density at radius 1 is 1.10 bits per heavy atom. The lowest BCUT2D eigenvalue weighted by molar-refractivity contribution is 0.563. The predicted molar refractivity (Wildman–Crippen MR) is 82.5 cm³/mol. The Bertz CT molecular complexity index is 839. The molecule has 0 spiro atoms. The van der Waals surface area contributed by atoms with E-state index in [1.165, 1.54) is 0 Å². The van der Waals surface area contributed by atoms with Crippen LogP contribution in [0.25, 0.3) is 22.1 Å². The molecule has 0 bridgehead atoms. The van der Waals surface area contributed by atoms with Gasteiger partial charge in [0, 0.05) is 12.4 Å². The van der Waals surface area contributed by atoms with Crippen LogP contribution in [0.1, 0.15) is 0 Å². The molecule has 3 rings (SSSR count). The summed E-state index contributed by atoms with van der Waals surface area (Å²) in [5, 5.41) is 4.50. The average molecular weight is 286 g/mol. The zero-order chi connectivity index (χ0) is 14.1. The Kier molecular flexibility index (Phi) is 3.20. The topological polar surface area (TPSA) is 42.2 Å². The SMILES string of the molecule is CNc1cc(-c2cc3ccccc3oc2=O)ccc1Cl. The summed E-state index contributed by atoms with van der Waals surface area (Å²) in [5.74, 6) is 0. The number of benzene rings is 2. The molecule has 0 fully saturated rings. The first kappa shape index (κ1) is 12.8. The molecule has 0 atom stereocenters. The van der Waals surface area contributed by atoms with Gasteiger partial charge in [0.25, 0.3) is 0 Å². The summed E-state index contributed by atoms with van der Waals surface area (Å²) >= 11 is 6.05. The standard InChI is InChI=1S/C16H12ClNO2/c1-18-14-9-10(6-7-13(14)17)12-8-11-4-2-3-5-15(11)20-16(12)19/h2-9,18H,1H3. The van der Waals surface area contributed by atoms with Crippen LogP contribution < -0.4 is 10.9 Å². The number of hydrogen-bond acceptors (Lipinski definition) is 3. The maximum atomic E-state index is 12.1. The molecule has 0 aliphatic heterocycles. The summed E-state index contributed by atoms with van der Waals surface area (Å²) in [7, 11) is 1.79. The predicted octanol–water partition coefficient (Wildman–Crippen LogP) is 4.16. The highest BCUT2D eigenvalue weighted by molar-refractivity contribution is 6.33. The van der Waals surface area contributed by atoms with E-state index in [0.717, 1.165) is 16.6 Å². The highest BCUT2D eigenvalue weighted by atomic mass is 35.5. The molecule has 0 unspecified atom stereocenters. The number of para-hydroxylation sites is 1. The molecule has 3 nitrogen and oxygen atoms in total. The number of halogens is 1. The van der Waals surface area contributed by atoms with Gasteiger partial charge in [0.05, 0.1) is 16.3 Å². The zero-order valence-electron chi connectivity index (χ0n) is 10.8. The molecule has 1 aromatic heterocycles. The number of nitrogens with one attached hydrogen (secondary N) is 1. The van der Waals surface area contributed by atoms with E-state index in [-0.39, 0.29) is 5.63 Å².